The first-order valence-electron chi connectivity index (χ1n) is 8.34. The van der Waals surface area contributed by atoms with Gasteiger partial charge in [-0.1, -0.05) is 30.3 Å². The van der Waals surface area contributed by atoms with Gasteiger partial charge in [0.05, 0.1) is 15.7 Å². The smallest absolute Gasteiger partial charge is 0.204 e. The molecule has 0 spiro atoms. The van der Waals surface area contributed by atoms with E-state index in [0.29, 0.717) is 0 Å². The molecule has 3 rings (SSSR count). The molecule has 148 valence electrons. The van der Waals surface area contributed by atoms with Crippen LogP contribution in [0.4, 0.5) is 18.9 Å². The molecule has 2 N–H and O–H groups in total. The molecule has 0 aliphatic rings. The Hall–Kier alpha value is -3.18. The minimum Gasteiger partial charge on any atom is -0.485 e. The Morgan fingerprint density at radius 3 is 2.41 bits per heavy atom. The zero-order chi connectivity index (χ0) is 21.1. The van der Waals surface area contributed by atoms with Crippen molar-refractivity contribution >= 4 is 21.6 Å². The van der Waals surface area contributed by atoms with Crippen molar-refractivity contribution < 1.29 is 22.6 Å². The number of hydrogen-bond donors (Lipinski definition) is 1. The number of nitrogens with zero attached hydrogens (tertiary/aromatic N) is 1. The predicted molar refractivity (Wildman–Crippen MR) is 105 cm³/mol. The SMILES string of the molecule is Cc1c(N)c(F)c(F)c(Oc2cc(C#N)c(F)cc2OCc2ccccc2)c1Br. The highest BCUT2D eigenvalue weighted by molar-refractivity contribution is 9.10. The number of nitrogen functional groups attached to an aromatic ring is 1. The molecule has 0 heterocycles. The molecule has 0 saturated heterocycles. The minimum absolute atomic E-state index is 0.0708. The molecule has 29 heavy (non-hydrogen) atoms. The van der Waals surface area contributed by atoms with Gasteiger partial charge in [0.2, 0.25) is 5.82 Å². The highest BCUT2D eigenvalue weighted by atomic mass is 79.9. The summed E-state index contributed by atoms with van der Waals surface area (Å²) < 4.78 is 53.8. The normalized spacial score (nSPS) is 10.5. The standard InChI is InChI=1S/C21H14BrF3N2O2/c1-11-17(22)21(19(25)18(24)20(11)27)29-16-7-13(9-26)14(23)8-15(16)28-10-12-5-3-2-4-6-12/h2-8H,10,27H2,1H3. The van der Waals surface area contributed by atoms with Gasteiger partial charge in [-0.05, 0) is 34.0 Å². The number of hydrogen-bond acceptors (Lipinski definition) is 4. The molecule has 0 aromatic heterocycles. The quantitative estimate of drug-likeness (QED) is 0.372. The second-order valence-corrected chi connectivity index (χ2v) is 6.87. The first-order chi connectivity index (χ1) is 13.8. The maximum atomic E-state index is 14.4. The van der Waals surface area contributed by atoms with Crippen molar-refractivity contribution in [2.75, 3.05) is 5.73 Å². The lowest BCUT2D eigenvalue weighted by Crippen LogP contribution is -2.04. The molecule has 0 aliphatic carbocycles. The highest BCUT2D eigenvalue weighted by Crippen LogP contribution is 2.42. The average Bonchev–Trinajstić information content (AvgIpc) is 2.74. The van der Waals surface area contributed by atoms with Crippen LogP contribution in [-0.4, -0.2) is 0 Å². The summed E-state index contributed by atoms with van der Waals surface area (Å²) in [5, 5.41) is 9.10. The van der Waals surface area contributed by atoms with Crippen LogP contribution in [0, 0.1) is 35.7 Å². The van der Waals surface area contributed by atoms with E-state index < -0.39 is 23.2 Å². The lowest BCUT2D eigenvalue weighted by atomic mass is 10.1. The average molecular weight is 463 g/mol. The zero-order valence-electron chi connectivity index (χ0n) is 15.1. The van der Waals surface area contributed by atoms with Gasteiger partial charge in [-0.3, -0.25) is 0 Å². The minimum atomic E-state index is -1.32. The van der Waals surface area contributed by atoms with E-state index in [9.17, 15) is 13.2 Å². The van der Waals surface area contributed by atoms with E-state index in [0.717, 1.165) is 17.7 Å². The lowest BCUT2D eigenvalue weighted by Gasteiger charge is -2.17. The Bertz CT molecular complexity index is 1090. The van der Waals surface area contributed by atoms with Crippen molar-refractivity contribution in [3.8, 4) is 23.3 Å². The van der Waals surface area contributed by atoms with Gasteiger partial charge in [0.1, 0.15) is 18.5 Å². The maximum Gasteiger partial charge on any atom is 0.204 e. The van der Waals surface area contributed by atoms with Crippen LogP contribution >= 0.6 is 15.9 Å². The molecule has 0 radical (unpaired) electrons. The summed E-state index contributed by atoms with van der Waals surface area (Å²) in [5.74, 6) is -4.14. The van der Waals surface area contributed by atoms with Gasteiger partial charge >= 0.3 is 0 Å². The highest BCUT2D eigenvalue weighted by Gasteiger charge is 2.23. The fraction of sp³-hybridized carbons (Fsp3) is 0.0952. The van der Waals surface area contributed by atoms with Crippen LogP contribution in [-0.2, 0) is 6.61 Å². The van der Waals surface area contributed by atoms with Gasteiger partial charge in [-0.25, -0.2) is 8.78 Å². The first-order valence-corrected chi connectivity index (χ1v) is 9.13. The number of nitriles is 1. The molecule has 3 aromatic carbocycles. The summed E-state index contributed by atoms with van der Waals surface area (Å²) in [7, 11) is 0. The molecular weight excluding hydrogens is 449 g/mol. The maximum absolute atomic E-state index is 14.4. The monoisotopic (exact) mass is 462 g/mol. The summed E-state index contributed by atoms with van der Waals surface area (Å²) in [6, 6.07) is 12.7. The molecule has 0 saturated carbocycles. The van der Waals surface area contributed by atoms with E-state index in [1.54, 1.807) is 18.2 Å². The van der Waals surface area contributed by atoms with E-state index in [1.165, 1.54) is 6.92 Å². The van der Waals surface area contributed by atoms with E-state index in [4.69, 9.17) is 20.5 Å². The van der Waals surface area contributed by atoms with Gasteiger partial charge in [0.15, 0.2) is 23.1 Å². The Morgan fingerprint density at radius 1 is 1.07 bits per heavy atom. The van der Waals surface area contributed by atoms with Gasteiger partial charge in [0, 0.05) is 12.1 Å². The molecule has 4 nitrogen and oxygen atoms in total. The predicted octanol–water partition coefficient (Wildman–Crippen LogP) is 6.00. The van der Waals surface area contributed by atoms with E-state index in [1.807, 2.05) is 18.2 Å². The third kappa shape index (κ3) is 4.15. The van der Waals surface area contributed by atoms with Crippen LogP contribution in [0.3, 0.4) is 0 Å². The fourth-order valence-corrected chi connectivity index (χ4v) is 2.98. The van der Waals surface area contributed by atoms with Crippen LogP contribution in [0.2, 0.25) is 0 Å². The summed E-state index contributed by atoms with van der Waals surface area (Å²) in [5.41, 5.74) is 5.86. The summed E-state index contributed by atoms with van der Waals surface area (Å²) in [4.78, 5) is 0. The van der Waals surface area contributed by atoms with Crippen molar-refractivity contribution in [1.29, 1.82) is 5.26 Å². The Morgan fingerprint density at radius 2 is 1.76 bits per heavy atom. The first kappa shape index (κ1) is 20.6. The van der Waals surface area contributed by atoms with Crippen molar-refractivity contribution in [3.05, 3.63) is 81.1 Å². The number of anilines is 1. The largest absolute Gasteiger partial charge is 0.485 e. The van der Waals surface area contributed by atoms with Crippen LogP contribution in [0.15, 0.2) is 46.9 Å². The van der Waals surface area contributed by atoms with Crippen molar-refractivity contribution in [1.82, 2.24) is 0 Å². The topological polar surface area (TPSA) is 68.3 Å². The Kier molecular flexibility index (Phi) is 5.99. The molecular formula is C21H14BrF3N2O2. The van der Waals surface area contributed by atoms with Gasteiger partial charge in [-0.2, -0.15) is 9.65 Å². The van der Waals surface area contributed by atoms with E-state index in [-0.39, 0.29) is 39.4 Å². The van der Waals surface area contributed by atoms with Crippen molar-refractivity contribution in [3.63, 3.8) is 0 Å². The molecule has 0 fully saturated rings. The third-order valence-corrected chi connectivity index (χ3v) is 5.12. The lowest BCUT2D eigenvalue weighted by molar-refractivity contribution is 0.287. The van der Waals surface area contributed by atoms with Gasteiger partial charge < -0.3 is 15.2 Å². The number of halogens is 4. The second kappa shape index (κ2) is 8.45. The van der Waals surface area contributed by atoms with Crippen molar-refractivity contribution in [2.45, 2.75) is 13.5 Å². The number of rotatable bonds is 5. The summed E-state index contributed by atoms with van der Waals surface area (Å²) >= 11 is 3.13. The van der Waals surface area contributed by atoms with Gasteiger partial charge in [0.25, 0.3) is 0 Å². The molecule has 3 aromatic rings. The molecule has 0 amide bonds. The van der Waals surface area contributed by atoms with Gasteiger partial charge in [-0.15, -0.1) is 0 Å². The Labute approximate surface area is 173 Å². The van der Waals surface area contributed by atoms with Crippen LogP contribution in [0.1, 0.15) is 16.7 Å². The molecule has 8 heteroatoms. The summed E-state index contributed by atoms with van der Waals surface area (Å²) in [6.07, 6.45) is 0. The molecule has 0 aliphatic heterocycles. The van der Waals surface area contributed by atoms with Crippen LogP contribution in [0.25, 0.3) is 0 Å². The van der Waals surface area contributed by atoms with E-state index >= 15 is 0 Å². The van der Waals surface area contributed by atoms with Crippen molar-refractivity contribution in [2.24, 2.45) is 0 Å². The van der Waals surface area contributed by atoms with Crippen LogP contribution < -0.4 is 15.2 Å². The third-order valence-electron chi connectivity index (χ3n) is 4.16. The molecule has 0 bridgehead atoms. The number of nitrogens with two attached hydrogens (primary N) is 1. The summed E-state index contributed by atoms with van der Waals surface area (Å²) in [6.45, 7) is 1.55. The Balaban J connectivity index is 2.04. The zero-order valence-corrected chi connectivity index (χ0v) is 16.7. The van der Waals surface area contributed by atoms with Crippen LogP contribution in [0.5, 0.6) is 17.2 Å². The second-order valence-electron chi connectivity index (χ2n) is 6.08. The number of ether oxygens (including phenoxy) is 2. The number of benzene rings is 3. The molecule has 0 unspecified atom stereocenters. The van der Waals surface area contributed by atoms with E-state index in [2.05, 4.69) is 15.9 Å². The fourth-order valence-electron chi connectivity index (χ4n) is 2.52. The molecule has 0 atom stereocenters.